The summed E-state index contributed by atoms with van der Waals surface area (Å²) in [5, 5.41) is 9.85. The van der Waals surface area contributed by atoms with Crippen LogP contribution < -0.4 is 4.74 Å². The Hall–Kier alpha value is -3.86. The first-order chi connectivity index (χ1) is 19.1. The molecule has 1 N–H and O–H groups in total. The van der Waals surface area contributed by atoms with Crippen LogP contribution in [-0.2, 0) is 30.6 Å². The largest absolute Gasteiger partial charge is 0.494 e. The van der Waals surface area contributed by atoms with Gasteiger partial charge in [-0.3, -0.25) is 9.59 Å². The number of ketones is 1. The van der Waals surface area contributed by atoms with Gasteiger partial charge in [-0.1, -0.05) is 36.4 Å². The van der Waals surface area contributed by atoms with Crippen molar-refractivity contribution < 1.29 is 19.4 Å². The number of aromatic nitrogens is 1. The molecular weight excluding hydrogens is 486 g/mol. The van der Waals surface area contributed by atoms with Gasteiger partial charge in [0.15, 0.2) is 5.78 Å². The van der Waals surface area contributed by atoms with Crippen molar-refractivity contribution in [3.8, 4) is 5.75 Å². The number of carbonyl (C=O) groups excluding carboxylic acids is 1. The molecule has 0 spiro atoms. The molecule has 0 amide bonds. The predicted molar refractivity (Wildman–Crippen MR) is 155 cm³/mol. The van der Waals surface area contributed by atoms with Crippen LogP contribution in [0.25, 0.3) is 10.9 Å². The summed E-state index contributed by atoms with van der Waals surface area (Å²) in [6.45, 7) is 1.22. The van der Waals surface area contributed by atoms with Crippen molar-refractivity contribution in [1.82, 2.24) is 4.57 Å². The lowest BCUT2D eigenvalue weighted by Gasteiger charge is -2.16. The maximum absolute atomic E-state index is 13.3. The summed E-state index contributed by atoms with van der Waals surface area (Å²) < 4.78 is 7.93. The highest BCUT2D eigenvalue weighted by atomic mass is 16.5. The number of nitrogens with zero attached hydrogens (tertiary/aromatic N) is 1. The highest BCUT2D eigenvalue weighted by Crippen LogP contribution is 2.26. The fourth-order valence-electron chi connectivity index (χ4n) is 5.61. The number of carboxylic acids is 1. The van der Waals surface area contributed by atoms with Gasteiger partial charge in [0.2, 0.25) is 0 Å². The van der Waals surface area contributed by atoms with Crippen molar-refractivity contribution in [2.24, 2.45) is 0 Å². The summed E-state index contributed by atoms with van der Waals surface area (Å²) in [4.78, 5) is 24.3. The van der Waals surface area contributed by atoms with Gasteiger partial charge in [-0.2, -0.15) is 0 Å². The fourth-order valence-corrected chi connectivity index (χ4v) is 5.61. The Morgan fingerprint density at radius 2 is 1.64 bits per heavy atom. The molecule has 0 fully saturated rings. The van der Waals surface area contributed by atoms with Crippen LogP contribution in [0.3, 0.4) is 0 Å². The van der Waals surface area contributed by atoms with Gasteiger partial charge in [-0.05, 0) is 105 Å². The summed E-state index contributed by atoms with van der Waals surface area (Å²) in [5.74, 6) is -0.0792. The van der Waals surface area contributed by atoms with Crippen molar-refractivity contribution in [3.63, 3.8) is 0 Å². The van der Waals surface area contributed by atoms with Crippen molar-refractivity contribution in [1.29, 1.82) is 0 Å². The van der Waals surface area contributed by atoms with E-state index in [9.17, 15) is 9.59 Å². The quantitative estimate of drug-likeness (QED) is 0.146. The van der Waals surface area contributed by atoms with E-state index in [4.69, 9.17) is 9.84 Å². The molecule has 1 aromatic heterocycles. The predicted octanol–water partition coefficient (Wildman–Crippen LogP) is 7.41. The van der Waals surface area contributed by atoms with E-state index in [1.54, 1.807) is 11.1 Å². The van der Waals surface area contributed by atoms with Crippen LogP contribution >= 0.6 is 0 Å². The Kier molecular flexibility index (Phi) is 8.77. The number of aliphatic carboxylic acids is 1. The molecule has 0 saturated heterocycles. The molecule has 5 heteroatoms. The van der Waals surface area contributed by atoms with Gasteiger partial charge >= 0.3 is 5.97 Å². The zero-order valence-electron chi connectivity index (χ0n) is 22.5. The molecule has 3 aromatic carbocycles. The number of fused-ring (bicyclic) bond motifs is 2. The average Bonchev–Trinajstić information content (AvgIpc) is 3.33. The summed E-state index contributed by atoms with van der Waals surface area (Å²) in [6.07, 6.45) is 12.0. The molecule has 0 atom stereocenters. The Morgan fingerprint density at radius 3 is 2.46 bits per heavy atom. The van der Waals surface area contributed by atoms with Crippen LogP contribution in [0, 0.1) is 0 Å². The number of unbranched alkanes of at least 4 members (excludes halogenated alkanes) is 2. The average molecular weight is 524 g/mol. The van der Waals surface area contributed by atoms with Crippen LogP contribution in [-0.4, -0.2) is 28.0 Å². The van der Waals surface area contributed by atoms with Crippen LogP contribution in [0.5, 0.6) is 5.75 Å². The van der Waals surface area contributed by atoms with Gasteiger partial charge in [-0.15, -0.1) is 0 Å². The zero-order chi connectivity index (χ0) is 27.0. The SMILES string of the molecule is O=C(O)CCCn1cc(C(=O)c2ccc(OCCCCCc3ccc4c(c3)CCCC4)cc2)c2ccccc21. The van der Waals surface area contributed by atoms with Gasteiger partial charge in [0.25, 0.3) is 0 Å². The van der Waals surface area contributed by atoms with E-state index in [1.165, 1.54) is 37.7 Å². The van der Waals surface area contributed by atoms with E-state index in [0.717, 1.165) is 35.9 Å². The molecule has 1 heterocycles. The highest BCUT2D eigenvalue weighted by molar-refractivity contribution is 6.16. The van der Waals surface area contributed by atoms with Crippen LogP contribution in [0.15, 0.2) is 72.9 Å². The Morgan fingerprint density at radius 1 is 0.846 bits per heavy atom. The third kappa shape index (κ3) is 6.78. The first-order valence-corrected chi connectivity index (χ1v) is 14.3. The molecule has 4 aromatic rings. The fraction of sp³-hybridized carbons (Fsp3) is 0.353. The third-order valence-corrected chi connectivity index (χ3v) is 7.73. The Bertz CT molecular complexity index is 1430. The first-order valence-electron chi connectivity index (χ1n) is 14.3. The Labute approximate surface area is 230 Å². The first kappa shape index (κ1) is 26.7. The number of ether oxygens (including phenoxy) is 1. The van der Waals surface area contributed by atoms with Crippen LogP contribution in [0.2, 0.25) is 0 Å². The number of para-hydroxylation sites is 1. The summed E-state index contributed by atoms with van der Waals surface area (Å²) in [6, 6.07) is 22.2. The standard InChI is InChI=1S/C34H37NO4/c36-33(37)14-8-21-35-24-31(30-12-5-6-13-32(30)35)34(38)27-17-19-29(20-18-27)39-22-7-1-2-9-25-15-16-26-10-3-4-11-28(26)23-25/h5-6,12-13,15-20,23-24H,1-4,7-11,14,21-22H2,(H,36,37). The number of hydrogen-bond acceptors (Lipinski definition) is 3. The van der Waals surface area contributed by atoms with Gasteiger partial charge < -0.3 is 14.4 Å². The molecule has 5 rings (SSSR count). The van der Waals surface area contributed by atoms with E-state index in [0.29, 0.717) is 30.7 Å². The second-order valence-electron chi connectivity index (χ2n) is 10.6. The maximum Gasteiger partial charge on any atom is 0.303 e. The van der Waals surface area contributed by atoms with Gasteiger partial charge in [-0.25, -0.2) is 0 Å². The summed E-state index contributed by atoms with van der Waals surface area (Å²) in [5.41, 5.74) is 6.75. The number of carboxylic acid groups (broad SMARTS) is 1. The molecule has 0 radical (unpaired) electrons. The number of benzene rings is 3. The van der Waals surface area contributed by atoms with Crippen molar-refractivity contribution in [2.45, 2.75) is 70.8 Å². The highest BCUT2D eigenvalue weighted by Gasteiger charge is 2.17. The van der Waals surface area contributed by atoms with Crippen molar-refractivity contribution >= 4 is 22.7 Å². The van der Waals surface area contributed by atoms with Crippen LogP contribution in [0.4, 0.5) is 0 Å². The molecule has 1 aliphatic rings. The second-order valence-corrected chi connectivity index (χ2v) is 10.6. The number of rotatable bonds is 13. The number of hydrogen-bond donors (Lipinski definition) is 1. The van der Waals surface area contributed by atoms with Crippen molar-refractivity contribution in [2.75, 3.05) is 6.61 Å². The zero-order valence-corrected chi connectivity index (χ0v) is 22.5. The summed E-state index contributed by atoms with van der Waals surface area (Å²) in [7, 11) is 0. The molecule has 0 aliphatic heterocycles. The van der Waals surface area contributed by atoms with Crippen LogP contribution in [0.1, 0.15) is 77.6 Å². The lowest BCUT2D eigenvalue weighted by molar-refractivity contribution is -0.137. The molecule has 202 valence electrons. The lowest BCUT2D eigenvalue weighted by atomic mass is 9.89. The molecular formula is C34H37NO4. The van der Waals surface area contributed by atoms with Gasteiger partial charge in [0, 0.05) is 41.2 Å². The van der Waals surface area contributed by atoms with Gasteiger partial charge in [0.05, 0.1) is 6.61 Å². The molecule has 1 aliphatic carbocycles. The monoisotopic (exact) mass is 523 g/mol. The maximum atomic E-state index is 13.3. The van der Waals surface area contributed by atoms with Crippen molar-refractivity contribution in [3.05, 3.63) is 101 Å². The Balaban J connectivity index is 1.10. The minimum atomic E-state index is -0.810. The van der Waals surface area contributed by atoms with E-state index in [1.807, 2.05) is 59.3 Å². The normalized spacial score (nSPS) is 12.8. The van der Waals surface area contributed by atoms with E-state index >= 15 is 0 Å². The molecule has 0 saturated carbocycles. The van der Waals surface area contributed by atoms with E-state index < -0.39 is 5.97 Å². The number of aryl methyl sites for hydroxylation is 4. The topological polar surface area (TPSA) is 68.5 Å². The smallest absolute Gasteiger partial charge is 0.303 e. The number of carbonyl (C=O) groups is 2. The second kappa shape index (κ2) is 12.8. The lowest BCUT2D eigenvalue weighted by Crippen LogP contribution is -2.03. The molecule has 5 nitrogen and oxygen atoms in total. The van der Waals surface area contributed by atoms with Gasteiger partial charge in [0.1, 0.15) is 5.75 Å². The summed E-state index contributed by atoms with van der Waals surface area (Å²) >= 11 is 0. The molecule has 0 bridgehead atoms. The van der Waals surface area contributed by atoms with E-state index in [-0.39, 0.29) is 12.2 Å². The van der Waals surface area contributed by atoms with E-state index in [2.05, 4.69) is 18.2 Å². The minimum Gasteiger partial charge on any atom is -0.494 e. The molecule has 39 heavy (non-hydrogen) atoms. The minimum absolute atomic E-state index is 0.0445. The third-order valence-electron chi connectivity index (χ3n) is 7.73. The molecule has 0 unspecified atom stereocenters.